The van der Waals surface area contributed by atoms with Gasteiger partial charge in [-0.3, -0.25) is 0 Å². The van der Waals surface area contributed by atoms with Gasteiger partial charge in [0.1, 0.15) is 7.85 Å². The Bertz CT molecular complexity index is 103. The Kier molecular flexibility index (Phi) is 5.39. The van der Waals surface area contributed by atoms with Crippen LogP contribution in [0.25, 0.3) is 0 Å². The molecule has 0 nitrogen and oxygen atoms in total. The molecule has 0 rings (SSSR count). The van der Waals surface area contributed by atoms with E-state index in [2.05, 4.69) is 13.5 Å². The lowest BCUT2D eigenvalue weighted by atomic mass is 9.90. The number of hydrogen-bond acceptors (Lipinski definition) is 0. The molecule has 1 heteroatoms. The first-order chi connectivity index (χ1) is 4.31. The van der Waals surface area contributed by atoms with Crippen LogP contribution in [0, 0.1) is 0 Å². The zero-order valence-electron chi connectivity index (χ0n) is 6.06. The van der Waals surface area contributed by atoms with E-state index in [0.717, 1.165) is 11.9 Å². The Morgan fingerprint density at radius 1 is 1.67 bits per heavy atom. The van der Waals surface area contributed by atoms with Crippen LogP contribution in [-0.2, 0) is 0 Å². The van der Waals surface area contributed by atoms with E-state index in [-0.39, 0.29) is 0 Å². The van der Waals surface area contributed by atoms with E-state index in [9.17, 15) is 0 Å². The Hall–Kier alpha value is -0.455. The molecule has 0 saturated carbocycles. The number of hydrogen-bond donors (Lipinski definition) is 0. The lowest BCUT2D eigenvalue weighted by Gasteiger charge is -1.95. The summed E-state index contributed by atoms with van der Waals surface area (Å²) in [6.45, 7) is 5.71. The van der Waals surface area contributed by atoms with Gasteiger partial charge in [-0.15, -0.1) is 5.47 Å². The molecule has 0 saturated heterocycles. The topological polar surface area (TPSA) is 0 Å². The Labute approximate surface area is 59.1 Å². The molecule has 0 amide bonds. The molecule has 0 bridgehead atoms. The average Bonchev–Trinajstić information content (AvgIpc) is 1.85. The van der Waals surface area contributed by atoms with Crippen LogP contribution in [0.1, 0.15) is 26.2 Å². The maximum absolute atomic E-state index is 5.56. The number of rotatable bonds is 4. The summed E-state index contributed by atoms with van der Waals surface area (Å²) in [6, 6.07) is 0. The molecule has 0 fully saturated rings. The summed E-state index contributed by atoms with van der Waals surface area (Å²) >= 11 is 0. The lowest BCUT2D eigenvalue weighted by molar-refractivity contribution is 0.807. The van der Waals surface area contributed by atoms with Gasteiger partial charge in [-0.25, -0.2) is 0 Å². The molecule has 2 radical (unpaired) electrons. The first-order valence-corrected chi connectivity index (χ1v) is 3.38. The predicted octanol–water partition coefficient (Wildman–Crippen LogP) is 2.42. The smallest absolute Gasteiger partial charge is 0.107 e. The standard InChI is InChI=1S/C8H13B/c1-3-5-7-8(9)6-4-2/h4,6H,2-3,5,7H2,1H3/b8-6+. The van der Waals surface area contributed by atoms with Crippen molar-refractivity contribution in [2.75, 3.05) is 0 Å². The van der Waals surface area contributed by atoms with Crippen LogP contribution in [0.3, 0.4) is 0 Å². The Morgan fingerprint density at radius 2 is 2.33 bits per heavy atom. The molecule has 0 aromatic heterocycles. The third kappa shape index (κ3) is 5.42. The zero-order chi connectivity index (χ0) is 7.11. The highest BCUT2D eigenvalue weighted by Gasteiger charge is 1.84. The molecule has 9 heavy (non-hydrogen) atoms. The first kappa shape index (κ1) is 8.54. The number of unbranched alkanes of at least 4 members (excludes halogenated alkanes) is 1. The molecular weight excluding hydrogens is 107 g/mol. The minimum atomic E-state index is 0.937. The van der Waals surface area contributed by atoms with E-state index in [1.54, 1.807) is 6.08 Å². The fourth-order valence-electron chi connectivity index (χ4n) is 0.616. The second-order valence-electron chi connectivity index (χ2n) is 2.08. The summed E-state index contributed by atoms with van der Waals surface area (Å²) in [5, 5.41) is 0. The van der Waals surface area contributed by atoms with Gasteiger partial charge in [0.2, 0.25) is 0 Å². The van der Waals surface area contributed by atoms with Crippen molar-refractivity contribution in [3.8, 4) is 0 Å². The van der Waals surface area contributed by atoms with Gasteiger partial charge in [0.15, 0.2) is 0 Å². The molecule has 0 N–H and O–H groups in total. The fraction of sp³-hybridized carbons (Fsp3) is 0.500. The molecule has 0 atom stereocenters. The van der Waals surface area contributed by atoms with Gasteiger partial charge in [0, 0.05) is 0 Å². The molecule has 0 spiro atoms. The van der Waals surface area contributed by atoms with E-state index in [4.69, 9.17) is 7.85 Å². The predicted molar refractivity (Wildman–Crippen MR) is 43.6 cm³/mol. The molecule has 0 aromatic rings. The molecule has 48 valence electrons. The largest absolute Gasteiger partial charge is 0.118 e. The van der Waals surface area contributed by atoms with Crippen molar-refractivity contribution in [2.24, 2.45) is 0 Å². The monoisotopic (exact) mass is 120 g/mol. The minimum absolute atomic E-state index is 0.937. The highest BCUT2D eigenvalue weighted by Crippen LogP contribution is 2.02. The van der Waals surface area contributed by atoms with Crippen LogP contribution in [0.5, 0.6) is 0 Å². The van der Waals surface area contributed by atoms with Gasteiger partial charge in [0.05, 0.1) is 0 Å². The Morgan fingerprint density at radius 3 is 2.78 bits per heavy atom. The third-order valence-electron chi connectivity index (χ3n) is 1.15. The Balaban J connectivity index is 3.36. The summed E-state index contributed by atoms with van der Waals surface area (Å²) in [4.78, 5) is 0. The maximum atomic E-state index is 5.56. The second kappa shape index (κ2) is 5.68. The minimum Gasteiger partial charge on any atom is -0.118 e. The second-order valence-corrected chi connectivity index (χ2v) is 2.08. The van der Waals surface area contributed by atoms with Gasteiger partial charge >= 0.3 is 0 Å². The van der Waals surface area contributed by atoms with Crippen molar-refractivity contribution in [3.63, 3.8) is 0 Å². The highest BCUT2D eigenvalue weighted by atomic mass is 13.9. The van der Waals surface area contributed by atoms with Crippen LogP contribution >= 0.6 is 0 Å². The first-order valence-electron chi connectivity index (χ1n) is 3.38. The lowest BCUT2D eigenvalue weighted by Crippen LogP contribution is -1.80. The SMILES string of the molecule is [B]/C(=C/C=C)CCCC. The fourth-order valence-corrected chi connectivity index (χ4v) is 0.616. The molecule has 0 aliphatic carbocycles. The van der Waals surface area contributed by atoms with Crippen LogP contribution < -0.4 is 0 Å². The normalized spacial score (nSPS) is 11.4. The summed E-state index contributed by atoms with van der Waals surface area (Å²) in [7, 11) is 5.56. The van der Waals surface area contributed by atoms with Crippen LogP contribution in [-0.4, -0.2) is 7.85 Å². The van der Waals surface area contributed by atoms with Crippen molar-refractivity contribution in [1.82, 2.24) is 0 Å². The van der Waals surface area contributed by atoms with E-state index >= 15 is 0 Å². The van der Waals surface area contributed by atoms with Crippen molar-refractivity contribution >= 4 is 7.85 Å². The van der Waals surface area contributed by atoms with Crippen molar-refractivity contribution < 1.29 is 0 Å². The van der Waals surface area contributed by atoms with Gasteiger partial charge in [-0.2, -0.15) is 0 Å². The van der Waals surface area contributed by atoms with Crippen molar-refractivity contribution in [1.29, 1.82) is 0 Å². The van der Waals surface area contributed by atoms with E-state index in [0.29, 0.717) is 0 Å². The molecule has 0 aromatic carbocycles. The van der Waals surface area contributed by atoms with Crippen LogP contribution in [0.2, 0.25) is 0 Å². The van der Waals surface area contributed by atoms with Crippen LogP contribution in [0.15, 0.2) is 24.2 Å². The zero-order valence-corrected chi connectivity index (χ0v) is 6.06. The molecule has 0 aliphatic heterocycles. The molecule has 0 heterocycles. The van der Waals surface area contributed by atoms with Gasteiger partial charge < -0.3 is 0 Å². The summed E-state index contributed by atoms with van der Waals surface area (Å²) in [5.41, 5.74) is 0.937. The molecule has 0 aliphatic rings. The highest BCUT2D eigenvalue weighted by molar-refractivity contribution is 6.21. The van der Waals surface area contributed by atoms with Gasteiger partial charge in [-0.05, 0) is 6.42 Å². The summed E-state index contributed by atoms with van der Waals surface area (Å²) < 4.78 is 0. The quantitative estimate of drug-likeness (QED) is 0.394. The van der Waals surface area contributed by atoms with Gasteiger partial charge in [-0.1, -0.05) is 38.5 Å². The van der Waals surface area contributed by atoms with Crippen molar-refractivity contribution in [2.45, 2.75) is 26.2 Å². The van der Waals surface area contributed by atoms with Gasteiger partial charge in [0.25, 0.3) is 0 Å². The molecule has 0 unspecified atom stereocenters. The van der Waals surface area contributed by atoms with Crippen molar-refractivity contribution in [3.05, 3.63) is 24.2 Å². The average molecular weight is 120 g/mol. The number of allylic oxidation sites excluding steroid dienone is 3. The maximum Gasteiger partial charge on any atom is 0.107 e. The van der Waals surface area contributed by atoms with Crippen LogP contribution in [0.4, 0.5) is 0 Å². The third-order valence-corrected chi connectivity index (χ3v) is 1.15. The van der Waals surface area contributed by atoms with E-state index in [1.165, 1.54) is 12.8 Å². The molecular formula is C8H13B. The van der Waals surface area contributed by atoms with E-state index in [1.807, 2.05) is 6.08 Å². The summed E-state index contributed by atoms with van der Waals surface area (Å²) in [5.74, 6) is 0. The van der Waals surface area contributed by atoms with E-state index < -0.39 is 0 Å². The summed E-state index contributed by atoms with van der Waals surface area (Å²) in [6.07, 6.45) is 6.96.